The monoisotopic (exact) mass is 485 g/mol. The van der Waals surface area contributed by atoms with E-state index in [2.05, 4.69) is 19.1 Å². The summed E-state index contributed by atoms with van der Waals surface area (Å²) in [6.45, 7) is 11.1. The molecule has 2 unspecified atom stereocenters. The zero-order valence-electron chi connectivity index (χ0n) is 23.9. The molecule has 0 saturated heterocycles. The van der Waals surface area contributed by atoms with Gasteiger partial charge in [0.15, 0.2) is 0 Å². The normalized spacial score (nSPS) is 14.8. The third kappa shape index (κ3) is 16.7. The lowest BCUT2D eigenvalue weighted by atomic mass is 9.84. The maximum Gasteiger partial charge on any atom is 0.306 e. The second-order valence-electron chi connectivity index (χ2n) is 10.9. The standard InChI is InChI=1S/C20H38O2.C9H21NO2/c1-3-4-5-6-7-8-9-10-11-12-13-14-15-16-17-18-19(2)20(21)22;1-7(2)9(12,10(5)6)8(3,4)11/h10-11,19H,3-9,12-18H2,1-2H3,(H,21,22);7,11-12H,1-6H3. The van der Waals surface area contributed by atoms with Crippen molar-refractivity contribution in [3.8, 4) is 0 Å². The fourth-order valence-electron chi connectivity index (χ4n) is 4.41. The van der Waals surface area contributed by atoms with E-state index in [0.29, 0.717) is 0 Å². The minimum atomic E-state index is -1.17. The first-order valence-corrected chi connectivity index (χ1v) is 13.8. The average molecular weight is 486 g/mol. The summed E-state index contributed by atoms with van der Waals surface area (Å²) in [6, 6.07) is 0. The quantitative estimate of drug-likeness (QED) is 0.101. The average Bonchev–Trinajstić information content (AvgIpc) is 2.74. The van der Waals surface area contributed by atoms with Crippen LogP contribution in [0.1, 0.15) is 131 Å². The van der Waals surface area contributed by atoms with Crippen LogP contribution in [0.15, 0.2) is 12.2 Å². The molecule has 0 aromatic carbocycles. The summed E-state index contributed by atoms with van der Waals surface area (Å²) in [5.41, 5.74) is -2.29. The molecule has 0 saturated carbocycles. The predicted molar refractivity (Wildman–Crippen MR) is 146 cm³/mol. The Hall–Kier alpha value is -0.910. The fraction of sp³-hybridized carbons (Fsp3) is 0.897. The van der Waals surface area contributed by atoms with E-state index in [1.54, 1.807) is 39.8 Å². The third-order valence-corrected chi connectivity index (χ3v) is 6.71. The third-order valence-electron chi connectivity index (χ3n) is 6.71. The zero-order chi connectivity index (χ0) is 26.6. The highest BCUT2D eigenvalue weighted by molar-refractivity contribution is 5.69. The molecule has 0 aromatic heterocycles. The lowest BCUT2D eigenvalue weighted by molar-refractivity contribution is -0.229. The van der Waals surface area contributed by atoms with Crippen LogP contribution in [0, 0.1) is 11.8 Å². The van der Waals surface area contributed by atoms with Gasteiger partial charge < -0.3 is 15.3 Å². The van der Waals surface area contributed by atoms with Gasteiger partial charge in [0.05, 0.1) is 5.92 Å². The molecule has 2 atom stereocenters. The number of carbonyl (C=O) groups is 1. The zero-order valence-corrected chi connectivity index (χ0v) is 23.9. The molecule has 0 bridgehead atoms. The highest BCUT2D eigenvalue weighted by Crippen LogP contribution is 2.31. The number of likely N-dealkylation sites (N-methyl/N-ethyl adjacent to an activating group) is 1. The van der Waals surface area contributed by atoms with Gasteiger partial charge in [-0.25, -0.2) is 0 Å². The van der Waals surface area contributed by atoms with Crippen LogP contribution in [0.2, 0.25) is 0 Å². The Morgan fingerprint density at radius 2 is 1.21 bits per heavy atom. The number of hydrogen-bond donors (Lipinski definition) is 3. The van der Waals surface area contributed by atoms with E-state index >= 15 is 0 Å². The number of allylic oxidation sites excluding steroid dienone is 2. The number of hydrogen-bond acceptors (Lipinski definition) is 4. The first-order chi connectivity index (χ1) is 15.8. The Morgan fingerprint density at radius 3 is 1.53 bits per heavy atom. The summed E-state index contributed by atoms with van der Waals surface area (Å²) in [5.74, 6) is -0.854. The molecule has 0 spiro atoms. The van der Waals surface area contributed by atoms with Crippen LogP contribution in [0.4, 0.5) is 0 Å². The van der Waals surface area contributed by atoms with Crippen LogP contribution in [0.5, 0.6) is 0 Å². The van der Waals surface area contributed by atoms with Gasteiger partial charge in [0.1, 0.15) is 11.3 Å². The molecule has 0 aliphatic rings. The van der Waals surface area contributed by atoms with Crippen LogP contribution < -0.4 is 0 Å². The van der Waals surface area contributed by atoms with Crippen molar-refractivity contribution < 1.29 is 20.1 Å². The Bertz CT molecular complexity index is 501. The second kappa shape index (κ2) is 20.3. The van der Waals surface area contributed by atoms with Crippen LogP contribution in [-0.2, 0) is 4.79 Å². The number of aliphatic carboxylic acids is 1. The van der Waals surface area contributed by atoms with Crippen LogP contribution in [0.25, 0.3) is 0 Å². The SMILES string of the molecule is CC(C)C(O)(N(C)C)C(C)(C)O.CCCCCCCCC=CCCCCCCCC(C)C(=O)O. The Kier molecular flexibility index (Phi) is 21.0. The summed E-state index contributed by atoms with van der Waals surface area (Å²) in [7, 11) is 3.52. The van der Waals surface area contributed by atoms with E-state index in [1.807, 2.05) is 13.8 Å². The molecule has 0 amide bonds. The van der Waals surface area contributed by atoms with Crippen molar-refractivity contribution >= 4 is 5.97 Å². The molecule has 0 fully saturated rings. The number of carboxylic acid groups (broad SMARTS) is 1. The van der Waals surface area contributed by atoms with Crippen molar-refractivity contribution in [1.82, 2.24) is 4.90 Å². The largest absolute Gasteiger partial charge is 0.481 e. The molecule has 0 radical (unpaired) electrons. The van der Waals surface area contributed by atoms with Gasteiger partial charge in [-0.3, -0.25) is 9.69 Å². The summed E-state index contributed by atoms with van der Waals surface area (Å²) in [6.07, 6.45) is 22.3. The summed E-state index contributed by atoms with van der Waals surface area (Å²) in [5, 5.41) is 28.8. The van der Waals surface area contributed by atoms with E-state index in [9.17, 15) is 15.0 Å². The van der Waals surface area contributed by atoms with Crippen molar-refractivity contribution in [2.75, 3.05) is 14.1 Å². The number of unbranched alkanes of at least 4 members (excludes halogenated alkanes) is 11. The van der Waals surface area contributed by atoms with Gasteiger partial charge in [0.25, 0.3) is 0 Å². The lowest BCUT2D eigenvalue weighted by Gasteiger charge is -2.46. The van der Waals surface area contributed by atoms with E-state index in [4.69, 9.17) is 5.11 Å². The highest BCUT2D eigenvalue weighted by Gasteiger charge is 2.46. The maximum absolute atomic E-state index is 10.7. The minimum Gasteiger partial charge on any atom is -0.481 e. The summed E-state index contributed by atoms with van der Waals surface area (Å²) in [4.78, 5) is 12.3. The van der Waals surface area contributed by atoms with Gasteiger partial charge in [-0.1, -0.05) is 97.6 Å². The Morgan fingerprint density at radius 1 is 0.794 bits per heavy atom. The Balaban J connectivity index is 0. The molecule has 0 rings (SSSR count). The van der Waals surface area contributed by atoms with Gasteiger partial charge in [-0.15, -0.1) is 0 Å². The number of carboxylic acids is 1. The number of aliphatic hydroxyl groups is 2. The fourth-order valence-corrected chi connectivity index (χ4v) is 4.41. The molecule has 34 heavy (non-hydrogen) atoms. The molecule has 0 aromatic rings. The van der Waals surface area contributed by atoms with Crippen molar-refractivity contribution in [3.63, 3.8) is 0 Å². The van der Waals surface area contributed by atoms with E-state index in [0.717, 1.165) is 12.8 Å². The molecule has 0 aliphatic carbocycles. The topological polar surface area (TPSA) is 81.0 Å². The first kappa shape index (κ1) is 35.3. The van der Waals surface area contributed by atoms with Crippen molar-refractivity contribution in [2.24, 2.45) is 11.8 Å². The highest BCUT2D eigenvalue weighted by atomic mass is 16.4. The maximum atomic E-state index is 10.7. The van der Waals surface area contributed by atoms with Crippen LogP contribution in [-0.4, -0.2) is 51.6 Å². The van der Waals surface area contributed by atoms with E-state index < -0.39 is 17.3 Å². The lowest BCUT2D eigenvalue weighted by Crippen LogP contribution is -2.62. The van der Waals surface area contributed by atoms with Gasteiger partial charge in [-0.2, -0.15) is 0 Å². The first-order valence-electron chi connectivity index (χ1n) is 13.8. The predicted octanol–water partition coefficient (Wildman–Crippen LogP) is 7.41. The van der Waals surface area contributed by atoms with Crippen molar-refractivity contribution in [1.29, 1.82) is 0 Å². The Labute approximate surface area is 212 Å². The van der Waals surface area contributed by atoms with Crippen LogP contribution in [0.3, 0.4) is 0 Å². The molecular weight excluding hydrogens is 426 g/mol. The molecule has 0 heterocycles. The summed E-state index contributed by atoms with van der Waals surface area (Å²) >= 11 is 0. The molecule has 204 valence electrons. The van der Waals surface area contributed by atoms with Gasteiger partial charge in [0, 0.05) is 0 Å². The molecular formula is C29H59NO4. The van der Waals surface area contributed by atoms with E-state index in [1.165, 1.54) is 77.0 Å². The van der Waals surface area contributed by atoms with Crippen molar-refractivity contribution in [2.45, 2.75) is 143 Å². The smallest absolute Gasteiger partial charge is 0.306 e. The van der Waals surface area contributed by atoms with Gasteiger partial charge in [0.2, 0.25) is 0 Å². The van der Waals surface area contributed by atoms with Gasteiger partial charge in [-0.05, 0) is 66.0 Å². The van der Waals surface area contributed by atoms with Gasteiger partial charge >= 0.3 is 5.97 Å². The molecule has 5 heteroatoms. The van der Waals surface area contributed by atoms with E-state index in [-0.39, 0.29) is 11.8 Å². The summed E-state index contributed by atoms with van der Waals surface area (Å²) < 4.78 is 0. The number of nitrogens with zero attached hydrogens (tertiary/aromatic N) is 1. The van der Waals surface area contributed by atoms with Crippen LogP contribution >= 0.6 is 0 Å². The number of rotatable bonds is 19. The molecule has 0 aliphatic heterocycles. The van der Waals surface area contributed by atoms with Crippen molar-refractivity contribution in [3.05, 3.63) is 12.2 Å². The minimum absolute atomic E-state index is 0.0208. The second-order valence-corrected chi connectivity index (χ2v) is 10.9. The molecule has 3 N–H and O–H groups in total. The molecule has 5 nitrogen and oxygen atoms in total.